The molecule has 15 heteroatoms. The molecule has 0 amide bonds. The number of anilines is 2. The summed E-state index contributed by atoms with van der Waals surface area (Å²) in [6.07, 6.45) is -3.41. The van der Waals surface area contributed by atoms with Crippen LogP contribution in [0.1, 0.15) is 31.2 Å². The first-order valence-corrected chi connectivity index (χ1v) is 14.6. The zero-order valence-electron chi connectivity index (χ0n) is 23.0. The van der Waals surface area contributed by atoms with E-state index in [0.717, 1.165) is 31.5 Å². The Labute approximate surface area is 248 Å². The third-order valence-electron chi connectivity index (χ3n) is 8.91. The number of halogens is 6. The standard InChI is InChI=1S/C28H29ClF5N7O2/c29-18-9-15(35)8-17(20(18)28(32,33)34)22-21(31)23-19-24(41-6-4-36-11-16(41)2-7-42-25(19)37-22)39-26(38-23)43-13-27-3-1-5-40(27)12-14(30)10-27/h8-9,14,16,36H,1-7,10-13,35H2/t14-,16?,27+/m1/s1. The minimum Gasteiger partial charge on any atom is -0.477 e. The number of piperazine rings is 1. The van der Waals surface area contributed by atoms with Gasteiger partial charge in [0.1, 0.15) is 35.2 Å². The van der Waals surface area contributed by atoms with Crippen LogP contribution in [0.5, 0.6) is 11.9 Å². The van der Waals surface area contributed by atoms with Crippen LogP contribution < -0.4 is 25.4 Å². The van der Waals surface area contributed by atoms with E-state index in [1.807, 2.05) is 4.90 Å². The van der Waals surface area contributed by atoms with Crippen molar-refractivity contribution in [1.29, 1.82) is 0 Å². The van der Waals surface area contributed by atoms with Crippen LogP contribution in [0.3, 0.4) is 0 Å². The van der Waals surface area contributed by atoms with Gasteiger partial charge in [0.05, 0.1) is 22.7 Å². The van der Waals surface area contributed by atoms with Crippen molar-refractivity contribution < 1.29 is 31.4 Å². The van der Waals surface area contributed by atoms with Gasteiger partial charge >= 0.3 is 12.2 Å². The second-order valence-electron chi connectivity index (χ2n) is 11.6. The molecule has 1 unspecified atom stereocenters. The van der Waals surface area contributed by atoms with Gasteiger partial charge in [-0.3, -0.25) is 4.90 Å². The Morgan fingerprint density at radius 2 is 2.05 bits per heavy atom. The quantitative estimate of drug-likeness (QED) is 0.318. The summed E-state index contributed by atoms with van der Waals surface area (Å²) in [7, 11) is 0. The average Bonchev–Trinajstić information content (AvgIpc) is 3.46. The fraction of sp³-hybridized carbons (Fsp3) is 0.536. The van der Waals surface area contributed by atoms with Crippen LogP contribution in [0.2, 0.25) is 5.02 Å². The van der Waals surface area contributed by atoms with Crippen molar-refractivity contribution >= 4 is 34.0 Å². The maximum atomic E-state index is 16.5. The maximum absolute atomic E-state index is 16.5. The van der Waals surface area contributed by atoms with Crippen molar-refractivity contribution in [2.24, 2.45) is 0 Å². The van der Waals surface area contributed by atoms with E-state index in [1.165, 1.54) is 0 Å². The van der Waals surface area contributed by atoms with Gasteiger partial charge in [-0.1, -0.05) is 11.6 Å². The monoisotopic (exact) mass is 625 g/mol. The summed E-state index contributed by atoms with van der Waals surface area (Å²) in [5.74, 6) is -0.912. The largest absolute Gasteiger partial charge is 0.477 e. The summed E-state index contributed by atoms with van der Waals surface area (Å²) in [5.41, 5.74) is 2.36. The molecule has 230 valence electrons. The van der Waals surface area contributed by atoms with Crippen LogP contribution in [0.25, 0.3) is 22.2 Å². The number of nitrogens with two attached hydrogens (primary N) is 1. The third kappa shape index (κ3) is 4.87. The van der Waals surface area contributed by atoms with Gasteiger partial charge in [0, 0.05) is 56.3 Å². The highest BCUT2D eigenvalue weighted by atomic mass is 35.5. The van der Waals surface area contributed by atoms with E-state index < -0.39 is 45.5 Å². The van der Waals surface area contributed by atoms with Gasteiger partial charge in [-0.2, -0.15) is 23.1 Å². The molecule has 0 aliphatic carbocycles. The molecule has 4 aliphatic rings. The summed E-state index contributed by atoms with van der Waals surface area (Å²) in [6, 6.07) is 1.73. The van der Waals surface area contributed by atoms with E-state index in [9.17, 15) is 17.6 Å². The highest BCUT2D eigenvalue weighted by Gasteiger charge is 2.49. The molecule has 0 spiro atoms. The van der Waals surface area contributed by atoms with Gasteiger partial charge in [-0.25, -0.2) is 13.8 Å². The van der Waals surface area contributed by atoms with Gasteiger partial charge in [0.25, 0.3) is 0 Å². The van der Waals surface area contributed by atoms with Crippen LogP contribution in [0.4, 0.5) is 33.5 Å². The predicted molar refractivity (Wildman–Crippen MR) is 150 cm³/mol. The summed E-state index contributed by atoms with van der Waals surface area (Å²) >= 11 is 5.99. The zero-order chi connectivity index (χ0) is 30.1. The van der Waals surface area contributed by atoms with Gasteiger partial charge in [0.15, 0.2) is 5.82 Å². The fourth-order valence-electron chi connectivity index (χ4n) is 7.00. The number of nitrogens with one attached hydrogen (secondary N) is 1. The third-order valence-corrected chi connectivity index (χ3v) is 9.20. The lowest BCUT2D eigenvalue weighted by molar-refractivity contribution is -0.137. The molecule has 0 radical (unpaired) electrons. The van der Waals surface area contributed by atoms with Crippen molar-refractivity contribution in [1.82, 2.24) is 25.2 Å². The summed E-state index contributed by atoms with van der Waals surface area (Å²) in [6.45, 7) is 3.14. The minimum atomic E-state index is -4.93. The van der Waals surface area contributed by atoms with E-state index in [4.69, 9.17) is 26.8 Å². The molecule has 43 heavy (non-hydrogen) atoms. The Bertz CT molecular complexity index is 1590. The number of benzene rings is 1. The smallest absolute Gasteiger partial charge is 0.418 e. The summed E-state index contributed by atoms with van der Waals surface area (Å²) in [5, 5.41) is 2.78. The number of nitrogen functional groups attached to an aromatic ring is 1. The minimum absolute atomic E-state index is 0.0498. The van der Waals surface area contributed by atoms with E-state index in [1.54, 1.807) is 0 Å². The number of hydrogen-bond acceptors (Lipinski definition) is 9. The Morgan fingerprint density at radius 1 is 1.21 bits per heavy atom. The van der Waals surface area contributed by atoms with Gasteiger partial charge in [0.2, 0.25) is 5.88 Å². The number of hydrogen-bond donors (Lipinski definition) is 2. The van der Waals surface area contributed by atoms with Crippen LogP contribution >= 0.6 is 11.6 Å². The molecule has 6 heterocycles. The topological polar surface area (TPSA) is 102 Å². The Balaban J connectivity index is 1.42. The van der Waals surface area contributed by atoms with Gasteiger partial charge < -0.3 is 25.4 Å². The molecule has 1 aromatic carbocycles. The van der Waals surface area contributed by atoms with Crippen LogP contribution in [0.15, 0.2) is 12.1 Å². The Kier molecular flexibility index (Phi) is 6.93. The van der Waals surface area contributed by atoms with Crippen LogP contribution in [0, 0.1) is 5.82 Å². The lowest BCUT2D eigenvalue weighted by atomic mass is 9.95. The van der Waals surface area contributed by atoms with Crippen molar-refractivity contribution in [2.75, 3.05) is 56.6 Å². The normalized spacial score (nSPS) is 25.7. The zero-order valence-corrected chi connectivity index (χ0v) is 23.7. The number of alkyl halides is 4. The highest BCUT2D eigenvalue weighted by Crippen LogP contribution is 2.46. The molecule has 0 bridgehead atoms. The lowest BCUT2D eigenvalue weighted by Gasteiger charge is -2.39. The number of aromatic nitrogens is 3. The van der Waals surface area contributed by atoms with Gasteiger partial charge in [-0.05, 0) is 31.5 Å². The molecular weight excluding hydrogens is 597 g/mol. The molecule has 3 saturated heterocycles. The van der Waals surface area contributed by atoms with E-state index in [2.05, 4.69) is 25.2 Å². The first-order chi connectivity index (χ1) is 20.5. The first kappa shape index (κ1) is 28.5. The molecule has 4 aliphatic heterocycles. The molecular formula is C28H29ClF5N7O2. The number of fused-ring (bicyclic) bond motifs is 3. The molecule has 2 aromatic heterocycles. The van der Waals surface area contributed by atoms with E-state index in [-0.39, 0.29) is 47.7 Å². The number of pyridine rings is 1. The second-order valence-corrected chi connectivity index (χ2v) is 12.0. The molecule has 9 nitrogen and oxygen atoms in total. The molecule has 0 saturated carbocycles. The molecule has 3 N–H and O–H groups in total. The highest BCUT2D eigenvalue weighted by molar-refractivity contribution is 6.32. The lowest BCUT2D eigenvalue weighted by Crippen LogP contribution is -2.52. The number of nitrogens with zero attached hydrogens (tertiary/aromatic N) is 5. The second kappa shape index (κ2) is 10.4. The maximum Gasteiger partial charge on any atom is 0.418 e. The number of rotatable bonds is 4. The predicted octanol–water partition coefficient (Wildman–Crippen LogP) is 4.60. The first-order valence-electron chi connectivity index (χ1n) is 14.2. The summed E-state index contributed by atoms with van der Waals surface area (Å²) < 4.78 is 85.5. The molecule has 7 rings (SSSR count). The molecule has 3 atom stereocenters. The van der Waals surface area contributed by atoms with Crippen molar-refractivity contribution in [3.05, 3.63) is 28.5 Å². The van der Waals surface area contributed by atoms with Crippen molar-refractivity contribution in [2.45, 2.75) is 49.6 Å². The SMILES string of the molecule is Nc1cc(Cl)c(C(F)(F)F)c(-c2nc3c4c(nc(OC[C@@]56CCCN5C[C@H](F)C6)nc4c2F)N2CCNCC2CCO3)c1. The average molecular weight is 626 g/mol. The molecule has 3 aromatic rings. The van der Waals surface area contributed by atoms with E-state index in [0.29, 0.717) is 44.8 Å². The van der Waals surface area contributed by atoms with Crippen LogP contribution in [-0.2, 0) is 6.18 Å². The van der Waals surface area contributed by atoms with Crippen LogP contribution in [-0.4, -0.2) is 83.5 Å². The van der Waals surface area contributed by atoms with Crippen molar-refractivity contribution in [3.8, 4) is 23.1 Å². The van der Waals surface area contributed by atoms with Crippen molar-refractivity contribution in [3.63, 3.8) is 0 Å². The van der Waals surface area contributed by atoms with Gasteiger partial charge in [-0.15, -0.1) is 0 Å². The fourth-order valence-corrected chi connectivity index (χ4v) is 7.33. The van der Waals surface area contributed by atoms with E-state index >= 15 is 4.39 Å². The Hall–Kier alpha value is -3.23. The summed E-state index contributed by atoms with van der Waals surface area (Å²) in [4.78, 5) is 17.4. The Morgan fingerprint density at radius 3 is 2.86 bits per heavy atom. The number of ether oxygens (including phenoxy) is 2. The molecule has 3 fully saturated rings.